The molecule has 0 saturated heterocycles. The van der Waals surface area contributed by atoms with Gasteiger partial charge in [0.1, 0.15) is 0 Å². The molecular weight excluding hydrogens is 340 g/mol. The summed E-state index contributed by atoms with van der Waals surface area (Å²) in [7, 11) is 0. The number of benzene rings is 1. The molecule has 2 unspecified atom stereocenters. The lowest BCUT2D eigenvalue weighted by Gasteiger charge is -2.31. The van der Waals surface area contributed by atoms with Crippen LogP contribution in [-0.4, -0.2) is 31.7 Å². The zero-order valence-electron chi connectivity index (χ0n) is 15.3. The van der Waals surface area contributed by atoms with Crippen molar-refractivity contribution in [3.63, 3.8) is 0 Å². The first-order chi connectivity index (χ1) is 11.7. The minimum absolute atomic E-state index is 0. The van der Waals surface area contributed by atoms with Gasteiger partial charge in [-0.15, -0.1) is 12.4 Å². The van der Waals surface area contributed by atoms with Crippen LogP contribution in [0.3, 0.4) is 0 Å². The molecular formula is C19H31ClN2O3. The molecule has 0 heterocycles. The van der Waals surface area contributed by atoms with Crippen LogP contribution < -0.4 is 20.5 Å². The van der Waals surface area contributed by atoms with Crippen LogP contribution in [0.5, 0.6) is 11.5 Å². The van der Waals surface area contributed by atoms with Gasteiger partial charge < -0.3 is 20.5 Å². The van der Waals surface area contributed by atoms with E-state index in [9.17, 15) is 4.79 Å². The predicted octanol–water partition coefficient (Wildman–Crippen LogP) is 3.54. The lowest BCUT2D eigenvalue weighted by Crippen LogP contribution is -2.44. The average Bonchev–Trinajstić information content (AvgIpc) is 2.61. The van der Waals surface area contributed by atoms with Gasteiger partial charge in [-0.1, -0.05) is 19.8 Å². The Hall–Kier alpha value is -1.46. The van der Waals surface area contributed by atoms with Crippen molar-refractivity contribution < 1.29 is 14.3 Å². The van der Waals surface area contributed by atoms with E-state index in [1.807, 2.05) is 13.0 Å². The van der Waals surface area contributed by atoms with Gasteiger partial charge >= 0.3 is 0 Å². The summed E-state index contributed by atoms with van der Waals surface area (Å²) in [6.45, 7) is 5.76. The Bertz CT molecular complexity index is 539. The van der Waals surface area contributed by atoms with Gasteiger partial charge in [0, 0.05) is 11.6 Å². The van der Waals surface area contributed by atoms with Gasteiger partial charge in [0.25, 0.3) is 5.91 Å². The molecule has 6 heteroatoms. The number of rotatable bonds is 8. The molecule has 1 aliphatic carbocycles. The number of amides is 1. The second-order valence-corrected chi connectivity index (χ2v) is 6.30. The lowest BCUT2D eigenvalue weighted by molar-refractivity contribution is 0.0907. The molecule has 1 aromatic carbocycles. The van der Waals surface area contributed by atoms with Crippen LogP contribution in [0.4, 0.5) is 0 Å². The molecule has 1 saturated carbocycles. The van der Waals surface area contributed by atoms with Gasteiger partial charge in [0.2, 0.25) is 0 Å². The fourth-order valence-corrected chi connectivity index (χ4v) is 3.18. The quantitative estimate of drug-likeness (QED) is 0.734. The minimum Gasteiger partial charge on any atom is -0.490 e. The number of carbonyl (C=O) groups excluding carboxylic acids is 1. The standard InChI is InChI=1S/C19H30N2O3.ClH/c1-3-11-24-17-10-9-14(12-18(17)23-4-2)19(22)21-16-8-6-5-7-15(16)13-20;/h9-10,12,15-16H,3-8,11,13,20H2,1-2H3,(H,21,22);1H. The van der Waals surface area contributed by atoms with Crippen molar-refractivity contribution in [1.29, 1.82) is 0 Å². The third kappa shape index (κ3) is 6.08. The molecule has 2 rings (SSSR count). The number of carbonyl (C=O) groups is 1. The van der Waals surface area contributed by atoms with Crippen molar-refractivity contribution in [3.05, 3.63) is 23.8 Å². The van der Waals surface area contributed by atoms with Crippen molar-refractivity contribution in [3.8, 4) is 11.5 Å². The first kappa shape index (κ1) is 21.6. The van der Waals surface area contributed by atoms with E-state index < -0.39 is 0 Å². The molecule has 5 nitrogen and oxygen atoms in total. The normalized spacial score (nSPS) is 19.6. The van der Waals surface area contributed by atoms with Crippen LogP contribution in [0, 0.1) is 5.92 Å². The smallest absolute Gasteiger partial charge is 0.251 e. The summed E-state index contributed by atoms with van der Waals surface area (Å²) >= 11 is 0. The van der Waals surface area contributed by atoms with Gasteiger partial charge in [-0.05, 0) is 56.8 Å². The monoisotopic (exact) mass is 370 g/mol. The Morgan fingerprint density at radius 3 is 2.64 bits per heavy atom. The highest BCUT2D eigenvalue weighted by atomic mass is 35.5. The molecule has 1 amide bonds. The maximum atomic E-state index is 12.6. The largest absolute Gasteiger partial charge is 0.490 e. The van der Waals surface area contributed by atoms with Gasteiger partial charge in [0.05, 0.1) is 13.2 Å². The molecule has 0 aromatic heterocycles. The van der Waals surface area contributed by atoms with Gasteiger partial charge in [-0.3, -0.25) is 4.79 Å². The third-order valence-electron chi connectivity index (χ3n) is 4.50. The molecule has 2 atom stereocenters. The fraction of sp³-hybridized carbons (Fsp3) is 0.632. The Balaban J connectivity index is 0.00000312. The molecule has 142 valence electrons. The van der Waals surface area contributed by atoms with Crippen LogP contribution in [0.2, 0.25) is 0 Å². The molecule has 0 radical (unpaired) electrons. The SMILES string of the molecule is CCCOc1ccc(C(=O)NC2CCCCC2CN)cc1OCC.Cl. The molecule has 1 aliphatic rings. The Kier molecular flexibility index (Phi) is 9.68. The molecule has 0 aliphatic heterocycles. The highest BCUT2D eigenvalue weighted by Crippen LogP contribution is 2.29. The summed E-state index contributed by atoms with van der Waals surface area (Å²) in [4.78, 5) is 12.6. The van der Waals surface area contributed by atoms with E-state index in [4.69, 9.17) is 15.2 Å². The summed E-state index contributed by atoms with van der Waals surface area (Å²) < 4.78 is 11.3. The molecule has 1 fully saturated rings. The van der Waals surface area contributed by atoms with E-state index in [1.165, 1.54) is 6.42 Å². The van der Waals surface area contributed by atoms with Gasteiger partial charge in [-0.2, -0.15) is 0 Å². The second-order valence-electron chi connectivity index (χ2n) is 6.30. The van der Waals surface area contributed by atoms with Gasteiger partial charge in [0.15, 0.2) is 11.5 Å². The zero-order chi connectivity index (χ0) is 17.4. The van der Waals surface area contributed by atoms with Crippen LogP contribution in [-0.2, 0) is 0 Å². The summed E-state index contributed by atoms with van der Waals surface area (Å²) in [5.74, 6) is 1.62. The minimum atomic E-state index is -0.0663. The first-order valence-corrected chi connectivity index (χ1v) is 9.10. The van der Waals surface area contributed by atoms with Crippen LogP contribution in [0.25, 0.3) is 0 Å². The summed E-state index contributed by atoms with van der Waals surface area (Å²) in [6.07, 6.45) is 5.37. The van der Waals surface area contributed by atoms with Crippen LogP contribution in [0.1, 0.15) is 56.3 Å². The summed E-state index contributed by atoms with van der Waals surface area (Å²) in [6, 6.07) is 5.55. The molecule has 0 bridgehead atoms. The van der Waals surface area contributed by atoms with E-state index in [0.29, 0.717) is 42.7 Å². The van der Waals surface area contributed by atoms with Crippen molar-refractivity contribution >= 4 is 18.3 Å². The number of nitrogens with one attached hydrogen (secondary N) is 1. The number of ether oxygens (including phenoxy) is 2. The molecule has 1 aromatic rings. The van der Waals surface area contributed by atoms with E-state index in [0.717, 1.165) is 25.7 Å². The number of halogens is 1. The maximum Gasteiger partial charge on any atom is 0.251 e. The summed E-state index contributed by atoms with van der Waals surface area (Å²) in [5.41, 5.74) is 6.45. The van der Waals surface area contributed by atoms with Crippen molar-refractivity contribution in [2.45, 2.75) is 52.0 Å². The number of hydrogen-bond donors (Lipinski definition) is 2. The lowest BCUT2D eigenvalue weighted by atomic mass is 9.84. The summed E-state index contributed by atoms with van der Waals surface area (Å²) in [5, 5.41) is 3.15. The second kappa shape index (κ2) is 11.2. The fourth-order valence-electron chi connectivity index (χ4n) is 3.18. The molecule has 25 heavy (non-hydrogen) atoms. The predicted molar refractivity (Wildman–Crippen MR) is 103 cm³/mol. The maximum absolute atomic E-state index is 12.6. The van der Waals surface area contributed by atoms with Crippen LogP contribution in [0.15, 0.2) is 18.2 Å². The highest BCUT2D eigenvalue weighted by molar-refractivity contribution is 5.95. The molecule has 0 spiro atoms. The van der Waals surface area contributed by atoms with E-state index >= 15 is 0 Å². The van der Waals surface area contributed by atoms with Gasteiger partial charge in [-0.25, -0.2) is 0 Å². The van der Waals surface area contributed by atoms with E-state index in [-0.39, 0.29) is 24.4 Å². The number of nitrogens with two attached hydrogens (primary N) is 1. The molecule has 3 N–H and O–H groups in total. The van der Waals surface area contributed by atoms with E-state index in [1.54, 1.807) is 12.1 Å². The van der Waals surface area contributed by atoms with Crippen LogP contribution >= 0.6 is 12.4 Å². The topological polar surface area (TPSA) is 73.6 Å². The van der Waals surface area contributed by atoms with E-state index in [2.05, 4.69) is 12.2 Å². The highest BCUT2D eigenvalue weighted by Gasteiger charge is 2.26. The average molecular weight is 371 g/mol. The Morgan fingerprint density at radius 2 is 1.96 bits per heavy atom. The Morgan fingerprint density at radius 1 is 1.20 bits per heavy atom. The zero-order valence-corrected chi connectivity index (χ0v) is 16.1. The van der Waals surface area contributed by atoms with Crippen molar-refractivity contribution in [2.75, 3.05) is 19.8 Å². The van der Waals surface area contributed by atoms with Crippen molar-refractivity contribution in [2.24, 2.45) is 11.7 Å². The first-order valence-electron chi connectivity index (χ1n) is 9.10. The third-order valence-corrected chi connectivity index (χ3v) is 4.50. The number of hydrogen-bond acceptors (Lipinski definition) is 4. The van der Waals surface area contributed by atoms with Crippen molar-refractivity contribution in [1.82, 2.24) is 5.32 Å². The Labute approximate surface area is 157 Å².